The molecule has 1 aliphatic carbocycles. The first-order valence-electron chi connectivity index (χ1n) is 14.6. The van der Waals surface area contributed by atoms with E-state index in [4.69, 9.17) is 18.6 Å². The number of rotatable bonds is 15. The van der Waals surface area contributed by atoms with Gasteiger partial charge in [0.15, 0.2) is 0 Å². The molecule has 0 bridgehead atoms. The van der Waals surface area contributed by atoms with Gasteiger partial charge in [-0.1, -0.05) is 18.2 Å². The fourth-order valence-corrected chi connectivity index (χ4v) is 5.19. The number of fused-ring (bicyclic) bond motifs is 1. The molecule has 1 fully saturated rings. The van der Waals surface area contributed by atoms with Gasteiger partial charge in [-0.3, -0.25) is 4.79 Å². The fraction of sp³-hybridized carbons (Fsp3) is 0.353. The Morgan fingerprint density at radius 1 is 0.977 bits per heavy atom. The van der Waals surface area contributed by atoms with Gasteiger partial charge >= 0.3 is 5.97 Å². The van der Waals surface area contributed by atoms with Gasteiger partial charge < -0.3 is 29.3 Å². The Labute approximate surface area is 250 Å². The molecule has 4 aromatic rings. The third-order valence-corrected chi connectivity index (χ3v) is 7.53. The zero-order chi connectivity index (χ0) is 30.2. The highest BCUT2D eigenvalue weighted by Crippen LogP contribution is 2.46. The lowest BCUT2D eigenvalue weighted by atomic mass is 10.0. The van der Waals surface area contributed by atoms with Gasteiger partial charge in [-0.05, 0) is 79.1 Å². The summed E-state index contributed by atoms with van der Waals surface area (Å²) < 4.78 is 36.1. The van der Waals surface area contributed by atoms with E-state index in [1.807, 2.05) is 24.3 Å². The SMILES string of the molecule is CNC(=O)c1c(-c2ccc(F)cc2)oc2cc(NCCOCCOCCCc3ccccc3C(=O)OC)c(C3CC3)cc12. The van der Waals surface area contributed by atoms with Gasteiger partial charge in [0.05, 0.1) is 38.1 Å². The number of halogens is 1. The fourth-order valence-electron chi connectivity index (χ4n) is 5.19. The Balaban J connectivity index is 1.13. The number of carbonyl (C=O) groups excluding carboxylic acids is 2. The molecule has 0 unspecified atom stereocenters. The number of carbonyl (C=O) groups is 2. The van der Waals surface area contributed by atoms with Crippen LogP contribution >= 0.6 is 0 Å². The van der Waals surface area contributed by atoms with Crippen molar-refractivity contribution < 1.29 is 32.6 Å². The van der Waals surface area contributed by atoms with Crippen LogP contribution in [0.4, 0.5) is 10.1 Å². The Morgan fingerprint density at radius 2 is 1.72 bits per heavy atom. The summed E-state index contributed by atoms with van der Waals surface area (Å²) in [6, 6.07) is 17.4. The lowest BCUT2D eigenvalue weighted by Crippen LogP contribution is -2.18. The normalized spacial score (nSPS) is 12.8. The van der Waals surface area contributed by atoms with Crippen molar-refractivity contribution in [3.8, 4) is 11.3 Å². The van der Waals surface area contributed by atoms with Gasteiger partial charge in [-0.2, -0.15) is 0 Å². The summed E-state index contributed by atoms with van der Waals surface area (Å²) in [6.45, 7) is 2.63. The number of ether oxygens (including phenoxy) is 3. The zero-order valence-corrected chi connectivity index (χ0v) is 24.5. The quantitative estimate of drug-likeness (QED) is 0.124. The van der Waals surface area contributed by atoms with E-state index in [0.717, 1.165) is 47.9 Å². The molecule has 0 aliphatic heterocycles. The first-order chi connectivity index (χ1) is 21.0. The zero-order valence-electron chi connectivity index (χ0n) is 24.5. The number of benzene rings is 3. The number of hydrogen-bond acceptors (Lipinski definition) is 7. The maximum Gasteiger partial charge on any atom is 0.338 e. The first-order valence-corrected chi connectivity index (χ1v) is 14.6. The summed E-state index contributed by atoms with van der Waals surface area (Å²) in [4.78, 5) is 24.8. The number of methoxy groups -OCH3 is 1. The molecule has 1 saturated carbocycles. The molecule has 3 aromatic carbocycles. The summed E-state index contributed by atoms with van der Waals surface area (Å²) in [5, 5.41) is 6.94. The summed E-state index contributed by atoms with van der Waals surface area (Å²) in [6.07, 6.45) is 3.72. The highest BCUT2D eigenvalue weighted by Gasteiger charge is 2.29. The summed E-state index contributed by atoms with van der Waals surface area (Å²) >= 11 is 0. The topological polar surface area (TPSA) is 99.0 Å². The second-order valence-electron chi connectivity index (χ2n) is 10.5. The molecule has 1 aliphatic rings. The monoisotopic (exact) mass is 588 g/mol. The molecule has 0 atom stereocenters. The van der Waals surface area contributed by atoms with E-state index in [2.05, 4.69) is 16.7 Å². The Morgan fingerprint density at radius 3 is 2.44 bits per heavy atom. The van der Waals surface area contributed by atoms with Crippen molar-refractivity contribution in [1.29, 1.82) is 0 Å². The molecule has 2 N–H and O–H groups in total. The van der Waals surface area contributed by atoms with Crippen LogP contribution in [-0.2, 0) is 20.6 Å². The molecule has 9 heteroatoms. The van der Waals surface area contributed by atoms with Crippen LogP contribution < -0.4 is 10.6 Å². The second kappa shape index (κ2) is 14.3. The maximum absolute atomic E-state index is 13.6. The van der Waals surface area contributed by atoms with E-state index in [1.54, 1.807) is 25.2 Å². The number of esters is 1. The van der Waals surface area contributed by atoms with Crippen molar-refractivity contribution in [2.45, 2.75) is 31.6 Å². The molecular weight excluding hydrogens is 551 g/mol. The van der Waals surface area contributed by atoms with Gasteiger partial charge in [-0.15, -0.1) is 0 Å². The average Bonchev–Trinajstić information content (AvgIpc) is 3.81. The van der Waals surface area contributed by atoms with Crippen LogP contribution in [0.2, 0.25) is 0 Å². The van der Waals surface area contributed by atoms with Gasteiger partial charge in [0.1, 0.15) is 17.2 Å². The Bertz CT molecular complexity index is 1560. The predicted octanol–water partition coefficient (Wildman–Crippen LogP) is 6.34. The third kappa shape index (κ3) is 7.42. The molecule has 5 rings (SSSR count). The molecule has 1 amide bonds. The smallest absolute Gasteiger partial charge is 0.338 e. The molecule has 1 heterocycles. The van der Waals surface area contributed by atoms with Gasteiger partial charge in [0, 0.05) is 42.9 Å². The van der Waals surface area contributed by atoms with Crippen molar-refractivity contribution in [1.82, 2.24) is 5.32 Å². The lowest BCUT2D eigenvalue weighted by Gasteiger charge is -2.13. The number of aryl methyl sites for hydroxylation is 1. The third-order valence-electron chi connectivity index (χ3n) is 7.53. The van der Waals surface area contributed by atoms with Crippen LogP contribution in [0.5, 0.6) is 0 Å². The summed E-state index contributed by atoms with van der Waals surface area (Å²) in [5.74, 6) is -0.0690. The van der Waals surface area contributed by atoms with Crippen LogP contribution in [0.1, 0.15) is 57.0 Å². The summed E-state index contributed by atoms with van der Waals surface area (Å²) in [5.41, 5.74) is 5.35. The maximum atomic E-state index is 13.6. The van der Waals surface area contributed by atoms with Crippen molar-refractivity contribution in [2.24, 2.45) is 0 Å². The molecular formula is C34H37FN2O6. The van der Waals surface area contributed by atoms with Crippen molar-refractivity contribution >= 4 is 28.5 Å². The Hall–Kier alpha value is -4.21. The summed E-state index contributed by atoms with van der Waals surface area (Å²) in [7, 11) is 2.98. The number of amides is 1. The van der Waals surface area contributed by atoms with E-state index in [-0.39, 0.29) is 17.7 Å². The van der Waals surface area contributed by atoms with Crippen molar-refractivity contribution in [3.05, 3.63) is 88.7 Å². The van der Waals surface area contributed by atoms with E-state index in [9.17, 15) is 14.0 Å². The number of nitrogens with one attached hydrogen (secondary N) is 2. The highest BCUT2D eigenvalue weighted by atomic mass is 19.1. The van der Waals surface area contributed by atoms with E-state index < -0.39 is 0 Å². The van der Waals surface area contributed by atoms with Gasteiger partial charge in [0.25, 0.3) is 5.91 Å². The minimum atomic E-state index is -0.351. The number of furan rings is 1. The highest BCUT2D eigenvalue weighted by molar-refractivity contribution is 6.11. The van der Waals surface area contributed by atoms with Crippen molar-refractivity contribution in [3.63, 3.8) is 0 Å². The van der Waals surface area contributed by atoms with E-state index in [1.165, 1.54) is 19.2 Å². The standard InChI is InChI=1S/C34H37FN2O6/c1-36-33(38)31-28-20-27(23-9-10-23)29(21-30(28)43-32(31)24-11-13-25(35)14-12-24)37-15-17-42-19-18-41-16-5-7-22-6-3-4-8-26(22)34(39)40-2/h3-4,6,8,11-14,20-21,23,37H,5,7,9-10,15-19H2,1-2H3,(H,36,38). The van der Waals surface area contributed by atoms with Crippen molar-refractivity contribution in [2.75, 3.05) is 52.4 Å². The lowest BCUT2D eigenvalue weighted by molar-refractivity contribution is 0.0506. The van der Waals surface area contributed by atoms with E-state index >= 15 is 0 Å². The van der Waals surface area contributed by atoms with Crippen LogP contribution in [0, 0.1) is 5.82 Å². The molecule has 0 spiro atoms. The minimum absolute atomic E-state index is 0.248. The average molecular weight is 589 g/mol. The minimum Gasteiger partial charge on any atom is -0.465 e. The van der Waals surface area contributed by atoms with Crippen LogP contribution in [-0.4, -0.2) is 59.0 Å². The van der Waals surface area contributed by atoms with Crippen LogP contribution in [0.25, 0.3) is 22.3 Å². The van der Waals surface area contributed by atoms with Gasteiger partial charge in [0.2, 0.25) is 0 Å². The molecule has 226 valence electrons. The largest absolute Gasteiger partial charge is 0.465 e. The predicted molar refractivity (Wildman–Crippen MR) is 163 cm³/mol. The number of anilines is 1. The molecule has 1 aromatic heterocycles. The molecule has 8 nitrogen and oxygen atoms in total. The number of hydrogen-bond donors (Lipinski definition) is 2. The molecule has 0 radical (unpaired) electrons. The first kappa shape index (κ1) is 30.3. The van der Waals surface area contributed by atoms with E-state index in [0.29, 0.717) is 66.9 Å². The molecule has 43 heavy (non-hydrogen) atoms. The van der Waals surface area contributed by atoms with Gasteiger partial charge in [-0.25, -0.2) is 9.18 Å². The van der Waals surface area contributed by atoms with Crippen LogP contribution in [0.15, 0.2) is 65.1 Å². The van der Waals surface area contributed by atoms with Crippen LogP contribution in [0.3, 0.4) is 0 Å². The Kier molecular flexibility index (Phi) is 10.1. The molecule has 0 saturated heterocycles. The second-order valence-corrected chi connectivity index (χ2v) is 10.5.